The van der Waals surface area contributed by atoms with E-state index in [1.165, 1.54) is 0 Å². The standard InChI is InChI=1S/C4H11N3O4S/c8-7(9)12(10,11)6-3-1-5-2-4-6/h5,8-9H,1-4H2. The Bertz CT molecular complexity index is 233. The van der Waals surface area contributed by atoms with Gasteiger partial charge >= 0.3 is 10.2 Å². The maximum atomic E-state index is 11.0. The molecule has 0 aromatic rings. The first-order chi connectivity index (χ1) is 5.55. The third-order valence-corrected chi connectivity index (χ3v) is 3.04. The molecule has 0 bridgehead atoms. The van der Waals surface area contributed by atoms with Gasteiger partial charge in [-0.1, -0.05) is 0 Å². The first-order valence-electron chi connectivity index (χ1n) is 3.44. The minimum atomic E-state index is -4.06. The number of hydrogen-bond donors (Lipinski definition) is 3. The SMILES string of the molecule is O=S(=O)(N(O)O)N1CCNCC1. The molecule has 1 fully saturated rings. The maximum absolute atomic E-state index is 11.0. The lowest BCUT2D eigenvalue weighted by molar-refractivity contribution is -0.230. The van der Waals surface area contributed by atoms with E-state index in [1.807, 2.05) is 0 Å². The van der Waals surface area contributed by atoms with Gasteiger partial charge in [-0.3, -0.25) is 10.4 Å². The van der Waals surface area contributed by atoms with Crippen molar-refractivity contribution >= 4 is 10.2 Å². The normalized spacial score (nSPS) is 21.6. The molecule has 1 aliphatic rings. The Labute approximate surface area is 70.3 Å². The molecule has 0 saturated carbocycles. The lowest BCUT2D eigenvalue weighted by atomic mass is 10.4. The van der Waals surface area contributed by atoms with Gasteiger partial charge in [-0.2, -0.15) is 12.7 Å². The summed E-state index contributed by atoms with van der Waals surface area (Å²) in [6, 6.07) is 0. The molecule has 0 atom stereocenters. The van der Waals surface area contributed by atoms with E-state index in [1.54, 1.807) is 0 Å². The van der Waals surface area contributed by atoms with Crippen molar-refractivity contribution in [3.05, 3.63) is 0 Å². The molecule has 0 aromatic carbocycles. The van der Waals surface area contributed by atoms with Crippen molar-refractivity contribution in [3.8, 4) is 0 Å². The Morgan fingerprint density at radius 1 is 1.25 bits per heavy atom. The van der Waals surface area contributed by atoms with E-state index >= 15 is 0 Å². The summed E-state index contributed by atoms with van der Waals surface area (Å²) in [5, 5.41) is 19.7. The van der Waals surface area contributed by atoms with Gasteiger partial charge in [-0.15, -0.1) is 0 Å². The second-order valence-corrected chi connectivity index (χ2v) is 4.12. The van der Waals surface area contributed by atoms with Crippen LogP contribution >= 0.6 is 0 Å². The first kappa shape index (κ1) is 9.84. The molecule has 12 heavy (non-hydrogen) atoms. The Kier molecular flexibility index (Phi) is 2.99. The molecule has 72 valence electrons. The molecule has 1 heterocycles. The monoisotopic (exact) mass is 197 g/mol. The number of hydrogen-bond acceptors (Lipinski definition) is 5. The molecule has 3 N–H and O–H groups in total. The van der Waals surface area contributed by atoms with Crippen LogP contribution in [0.4, 0.5) is 0 Å². The summed E-state index contributed by atoms with van der Waals surface area (Å²) >= 11 is 0. The summed E-state index contributed by atoms with van der Waals surface area (Å²) in [7, 11) is -4.06. The summed E-state index contributed by atoms with van der Waals surface area (Å²) in [5.74, 6) is 0. The number of rotatable bonds is 2. The molecule has 1 aliphatic heterocycles. The molecule has 0 radical (unpaired) electrons. The van der Waals surface area contributed by atoms with Gasteiger partial charge in [0, 0.05) is 26.2 Å². The fraction of sp³-hybridized carbons (Fsp3) is 1.00. The van der Waals surface area contributed by atoms with Gasteiger partial charge in [0.25, 0.3) is 0 Å². The van der Waals surface area contributed by atoms with Crippen LogP contribution in [-0.2, 0) is 10.2 Å². The van der Waals surface area contributed by atoms with Crippen LogP contribution in [0, 0.1) is 0 Å². The minimum Gasteiger partial charge on any atom is -0.314 e. The van der Waals surface area contributed by atoms with Crippen molar-refractivity contribution in [2.75, 3.05) is 26.2 Å². The molecule has 1 rings (SSSR count). The van der Waals surface area contributed by atoms with Crippen LogP contribution < -0.4 is 5.32 Å². The number of nitrogens with one attached hydrogen (secondary N) is 1. The molecular formula is C4H11N3O4S. The van der Waals surface area contributed by atoms with Crippen LogP contribution in [0.2, 0.25) is 0 Å². The highest BCUT2D eigenvalue weighted by Crippen LogP contribution is 2.04. The Morgan fingerprint density at radius 3 is 2.17 bits per heavy atom. The van der Waals surface area contributed by atoms with Crippen molar-refractivity contribution in [2.24, 2.45) is 0 Å². The molecule has 0 spiro atoms. The van der Waals surface area contributed by atoms with Crippen LogP contribution in [0.3, 0.4) is 0 Å². The first-order valence-corrected chi connectivity index (χ1v) is 4.84. The lowest BCUT2D eigenvalue weighted by Gasteiger charge is -2.26. The quantitative estimate of drug-likeness (QED) is 0.455. The van der Waals surface area contributed by atoms with Gasteiger partial charge in [-0.25, -0.2) is 0 Å². The van der Waals surface area contributed by atoms with Gasteiger partial charge in [0.2, 0.25) is 0 Å². The highest BCUT2D eigenvalue weighted by atomic mass is 32.2. The predicted octanol–water partition coefficient (Wildman–Crippen LogP) is -1.78. The lowest BCUT2D eigenvalue weighted by Crippen LogP contribution is -2.50. The molecule has 0 unspecified atom stereocenters. The summed E-state index contributed by atoms with van der Waals surface area (Å²) in [4.78, 5) is 0. The van der Waals surface area contributed by atoms with E-state index in [2.05, 4.69) is 5.32 Å². The molecular weight excluding hydrogens is 186 g/mol. The molecule has 7 nitrogen and oxygen atoms in total. The van der Waals surface area contributed by atoms with Gasteiger partial charge in [0.05, 0.1) is 4.63 Å². The van der Waals surface area contributed by atoms with Crippen LogP contribution in [0.5, 0.6) is 0 Å². The molecule has 0 aliphatic carbocycles. The zero-order valence-corrected chi connectivity index (χ0v) is 7.16. The molecule has 1 saturated heterocycles. The van der Waals surface area contributed by atoms with Gasteiger partial charge < -0.3 is 5.32 Å². The molecule has 8 heteroatoms. The topological polar surface area (TPSA) is 93.1 Å². The second kappa shape index (κ2) is 3.64. The van der Waals surface area contributed by atoms with E-state index in [4.69, 9.17) is 10.4 Å². The summed E-state index contributed by atoms with van der Waals surface area (Å²) in [6.07, 6.45) is 0. The molecule has 0 amide bonds. The third-order valence-electron chi connectivity index (χ3n) is 1.61. The smallest absolute Gasteiger partial charge is 0.314 e. The minimum absolute atomic E-state index is 0.250. The summed E-state index contributed by atoms with van der Waals surface area (Å²) in [5.41, 5.74) is 0. The highest BCUT2D eigenvalue weighted by molar-refractivity contribution is 7.86. The van der Waals surface area contributed by atoms with Crippen LogP contribution in [0.25, 0.3) is 0 Å². The van der Waals surface area contributed by atoms with Crippen LogP contribution in [0.1, 0.15) is 0 Å². The average Bonchev–Trinajstić information content (AvgIpc) is 2.06. The fourth-order valence-electron chi connectivity index (χ4n) is 0.978. The average molecular weight is 197 g/mol. The Morgan fingerprint density at radius 2 is 1.75 bits per heavy atom. The zero-order chi connectivity index (χ0) is 9.19. The maximum Gasteiger partial charge on any atom is 0.328 e. The number of piperazine rings is 1. The molecule has 0 aromatic heterocycles. The predicted molar refractivity (Wildman–Crippen MR) is 38.8 cm³/mol. The van der Waals surface area contributed by atoms with Gasteiger partial charge in [0.1, 0.15) is 0 Å². The third kappa shape index (κ3) is 1.91. The van der Waals surface area contributed by atoms with Crippen molar-refractivity contribution in [1.82, 2.24) is 14.3 Å². The van der Waals surface area contributed by atoms with E-state index < -0.39 is 14.8 Å². The fourth-order valence-corrected chi connectivity index (χ4v) is 1.83. The largest absolute Gasteiger partial charge is 0.328 e. The Hall–Kier alpha value is -0.250. The number of nitrogens with zero attached hydrogens (tertiary/aromatic N) is 2. The van der Waals surface area contributed by atoms with Crippen molar-refractivity contribution in [3.63, 3.8) is 0 Å². The highest BCUT2D eigenvalue weighted by Gasteiger charge is 2.28. The van der Waals surface area contributed by atoms with Crippen LogP contribution in [-0.4, -0.2) is 53.9 Å². The van der Waals surface area contributed by atoms with Crippen molar-refractivity contribution < 1.29 is 18.8 Å². The summed E-state index contributed by atoms with van der Waals surface area (Å²) in [6.45, 7) is 1.54. The van der Waals surface area contributed by atoms with Crippen molar-refractivity contribution in [2.45, 2.75) is 0 Å². The van der Waals surface area contributed by atoms with E-state index in [9.17, 15) is 8.42 Å². The van der Waals surface area contributed by atoms with E-state index in [0.29, 0.717) is 13.1 Å². The van der Waals surface area contributed by atoms with Crippen molar-refractivity contribution in [1.29, 1.82) is 0 Å². The van der Waals surface area contributed by atoms with Gasteiger partial charge in [-0.05, 0) is 0 Å². The van der Waals surface area contributed by atoms with Gasteiger partial charge in [0.15, 0.2) is 0 Å². The Balaban J connectivity index is 2.67. The van der Waals surface area contributed by atoms with E-state index in [0.717, 1.165) is 4.31 Å². The summed E-state index contributed by atoms with van der Waals surface area (Å²) < 4.78 is 22.3. The van der Waals surface area contributed by atoms with Crippen LogP contribution in [0.15, 0.2) is 0 Å². The van der Waals surface area contributed by atoms with E-state index in [-0.39, 0.29) is 13.1 Å². The second-order valence-electron chi connectivity index (χ2n) is 2.38. The zero-order valence-electron chi connectivity index (χ0n) is 6.34.